The molecular formula is C17H17FN2O2. The number of hydrogen-bond acceptors (Lipinski definition) is 3. The number of halogens is 1. The van der Waals surface area contributed by atoms with Crippen LogP contribution in [0.2, 0.25) is 0 Å². The van der Waals surface area contributed by atoms with Gasteiger partial charge in [-0.3, -0.25) is 9.78 Å². The van der Waals surface area contributed by atoms with Crippen LogP contribution in [0.5, 0.6) is 0 Å². The largest absolute Gasteiger partial charge is 0.481 e. The minimum absolute atomic E-state index is 0.319. The maximum atomic E-state index is 14.4. The van der Waals surface area contributed by atoms with Crippen molar-refractivity contribution in [2.45, 2.75) is 12.8 Å². The Bertz CT molecular complexity index is 676. The third-order valence-electron chi connectivity index (χ3n) is 4.07. The van der Waals surface area contributed by atoms with Gasteiger partial charge in [0, 0.05) is 25.5 Å². The molecule has 1 fully saturated rings. The normalized spacial score (nSPS) is 18.2. The van der Waals surface area contributed by atoms with Gasteiger partial charge in [0.05, 0.1) is 11.6 Å². The van der Waals surface area contributed by atoms with E-state index in [4.69, 9.17) is 5.11 Å². The Morgan fingerprint density at radius 3 is 2.68 bits per heavy atom. The first-order valence-electron chi connectivity index (χ1n) is 7.33. The highest BCUT2D eigenvalue weighted by atomic mass is 19.1. The summed E-state index contributed by atoms with van der Waals surface area (Å²) in [5, 5.41) is 9.14. The molecule has 1 aromatic heterocycles. The van der Waals surface area contributed by atoms with Gasteiger partial charge in [-0.2, -0.15) is 0 Å². The van der Waals surface area contributed by atoms with Gasteiger partial charge in [0.1, 0.15) is 5.82 Å². The van der Waals surface area contributed by atoms with Gasteiger partial charge in [-0.1, -0.05) is 6.07 Å². The van der Waals surface area contributed by atoms with Crippen molar-refractivity contribution in [2.75, 3.05) is 18.0 Å². The van der Waals surface area contributed by atoms with E-state index < -0.39 is 11.9 Å². The molecule has 0 radical (unpaired) electrons. The van der Waals surface area contributed by atoms with Crippen LogP contribution in [0.4, 0.5) is 10.1 Å². The Hall–Kier alpha value is -2.43. The summed E-state index contributed by atoms with van der Waals surface area (Å²) in [5.74, 6) is -1.55. The third kappa shape index (κ3) is 2.93. The number of aromatic nitrogens is 1. The molecule has 114 valence electrons. The SMILES string of the molecule is O=C(O)C1CCCN(c2ccc(-c3ccncc3)cc2F)C1. The Morgan fingerprint density at radius 1 is 1.23 bits per heavy atom. The van der Waals surface area contributed by atoms with Crippen molar-refractivity contribution in [1.29, 1.82) is 0 Å². The fraction of sp³-hybridized carbons (Fsp3) is 0.294. The lowest BCUT2D eigenvalue weighted by Crippen LogP contribution is -2.39. The molecule has 1 atom stereocenters. The van der Waals surface area contributed by atoms with E-state index in [1.54, 1.807) is 18.5 Å². The van der Waals surface area contributed by atoms with Crippen LogP contribution in [-0.4, -0.2) is 29.1 Å². The molecule has 1 unspecified atom stereocenters. The number of aliphatic carboxylic acids is 1. The van der Waals surface area contributed by atoms with Crippen molar-refractivity contribution in [3.05, 3.63) is 48.5 Å². The first-order chi connectivity index (χ1) is 10.6. The van der Waals surface area contributed by atoms with E-state index in [0.717, 1.165) is 17.5 Å². The summed E-state index contributed by atoms with van der Waals surface area (Å²) in [7, 11) is 0. The van der Waals surface area contributed by atoms with Crippen molar-refractivity contribution in [3.63, 3.8) is 0 Å². The van der Waals surface area contributed by atoms with Gasteiger partial charge in [-0.25, -0.2) is 4.39 Å². The summed E-state index contributed by atoms with van der Waals surface area (Å²) >= 11 is 0. The first-order valence-corrected chi connectivity index (χ1v) is 7.33. The number of anilines is 1. The van der Waals surface area contributed by atoms with E-state index in [1.165, 1.54) is 6.07 Å². The monoisotopic (exact) mass is 300 g/mol. The van der Waals surface area contributed by atoms with Crippen molar-refractivity contribution in [3.8, 4) is 11.1 Å². The van der Waals surface area contributed by atoms with Crippen LogP contribution in [0, 0.1) is 11.7 Å². The lowest BCUT2D eigenvalue weighted by molar-refractivity contribution is -0.141. The number of benzene rings is 1. The second-order valence-electron chi connectivity index (χ2n) is 5.53. The zero-order valence-corrected chi connectivity index (χ0v) is 12.1. The molecule has 1 aliphatic heterocycles. The predicted molar refractivity (Wildman–Crippen MR) is 82.2 cm³/mol. The number of carbonyl (C=O) groups is 1. The Balaban J connectivity index is 1.85. The number of nitrogens with zero attached hydrogens (tertiary/aromatic N) is 2. The number of pyridine rings is 1. The van der Waals surface area contributed by atoms with E-state index in [2.05, 4.69) is 4.98 Å². The van der Waals surface area contributed by atoms with E-state index in [-0.39, 0.29) is 5.82 Å². The minimum atomic E-state index is -0.807. The Labute approximate surface area is 128 Å². The van der Waals surface area contributed by atoms with Crippen molar-refractivity contribution >= 4 is 11.7 Å². The van der Waals surface area contributed by atoms with Gasteiger partial charge in [0.25, 0.3) is 0 Å². The zero-order valence-electron chi connectivity index (χ0n) is 12.1. The molecule has 4 nitrogen and oxygen atoms in total. The number of piperidine rings is 1. The molecule has 0 aliphatic carbocycles. The summed E-state index contributed by atoms with van der Waals surface area (Å²) in [6.07, 6.45) is 4.76. The molecule has 0 saturated carbocycles. The van der Waals surface area contributed by atoms with Crippen LogP contribution >= 0.6 is 0 Å². The highest BCUT2D eigenvalue weighted by Crippen LogP contribution is 2.29. The van der Waals surface area contributed by atoms with Gasteiger partial charge >= 0.3 is 5.97 Å². The third-order valence-corrected chi connectivity index (χ3v) is 4.07. The standard InChI is InChI=1S/C17H17FN2O2/c18-15-10-13(12-5-7-19-8-6-12)3-4-16(15)20-9-1-2-14(11-20)17(21)22/h3-8,10,14H,1-2,9,11H2,(H,21,22). The molecule has 3 rings (SSSR count). The highest BCUT2D eigenvalue weighted by molar-refractivity contribution is 5.72. The molecule has 0 amide bonds. The van der Waals surface area contributed by atoms with Gasteiger partial charge in [-0.15, -0.1) is 0 Å². The fourth-order valence-corrected chi connectivity index (χ4v) is 2.88. The number of hydrogen-bond donors (Lipinski definition) is 1. The lowest BCUT2D eigenvalue weighted by Gasteiger charge is -2.32. The van der Waals surface area contributed by atoms with Gasteiger partial charge < -0.3 is 10.0 Å². The van der Waals surface area contributed by atoms with E-state index in [1.807, 2.05) is 23.1 Å². The fourth-order valence-electron chi connectivity index (χ4n) is 2.88. The molecule has 22 heavy (non-hydrogen) atoms. The van der Waals surface area contributed by atoms with Crippen LogP contribution in [0.1, 0.15) is 12.8 Å². The maximum Gasteiger partial charge on any atom is 0.308 e. The van der Waals surface area contributed by atoms with Crippen molar-refractivity contribution in [2.24, 2.45) is 5.92 Å². The van der Waals surface area contributed by atoms with Gasteiger partial charge in [0.15, 0.2) is 0 Å². The molecule has 2 heterocycles. The summed E-state index contributed by atoms with van der Waals surface area (Å²) in [6, 6.07) is 8.74. The van der Waals surface area contributed by atoms with Crippen molar-refractivity contribution < 1.29 is 14.3 Å². The highest BCUT2D eigenvalue weighted by Gasteiger charge is 2.26. The number of carboxylic acid groups (broad SMARTS) is 1. The number of carboxylic acids is 1. The molecule has 1 N–H and O–H groups in total. The molecule has 5 heteroatoms. The lowest BCUT2D eigenvalue weighted by atomic mass is 9.97. The predicted octanol–water partition coefficient (Wildman–Crippen LogP) is 3.19. The van der Waals surface area contributed by atoms with E-state index in [0.29, 0.717) is 25.2 Å². The van der Waals surface area contributed by atoms with E-state index >= 15 is 0 Å². The Morgan fingerprint density at radius 2 is 2.00 bits per heavy atom. The average molecular weight is 300 g/mol. The molecule has 2 aromatic rings. The number of rotatable bonds is 3. The molecular weight excluding hydrogens is 283 g/mol. The maximum absolute atomic E-state index is 14.4. The van der Waals surface area contributed by atoms with Crippen LogP contribution < -0.4 is 4.90 Å². The van der Waals surface area contributed by atoms with Crippen LogP contribution in [0.25, 0.3) is 11.1 Å². The van der Waals surface area contributed by atoms with Gasteiger partial charge in [0.2, 0.25) is 0 Å². The molecule has 1 aliphatic rings. The molecule has 1 aromatic carbocycles. The summed E-state index contributed by atoms with van der Waals surface area (Å²) in [6.45, 7) is 1.05. The molecule has 1 saturated heterocycles. The topological polar surface area (TPSA) is 53.4 Å². The Kier molecular flexibility index (Phi) is 4.04. The van der Waals surface area contributed by atoms with E-state index in [9.17, 15) is 9.18 Å². The van der Waals surface area contributed by atoms with Crippen LogP contribution in [0.15, 0.2) is 42.7 Å². The van der Waals surface area contributed by atoms with Crippen LogP contribution in [0.3, 0.4) is 0 Å². The van der Waals surface area contributed by atoms with Crippen molar-refractivity contribution in [1.82, 2.24) is 4.98 Å². The second kappa shape index (κ2) is 6.13. The first kappa shape index (κ1) is 14.5. The second-order valence-corrected chi connectivity index (χ2v) is 5.53. The molecule has 0 bridgehead atoms. The van der Waals surface area contributed by atoms with Gasteiger partial charge in [-0.05, 0) is 48.2 Å². The smallest absolute Gasteiger partial charge is 0.308 e. The summed E-state index contributed by atoms with van der Waals surface area (Å²) in [5.41, 5.74) is 2.17. The summed E-state index contributed by atoms with van der Waals surface area (Å²) < 4.78 is 14.4. The molecule has 0 spiro atoms. The average Bonchev–Trinajstić information content (AvgIpc) is 2.55. The summed E-state index contributed by atoms with van der Waals surface area (Å²) in [4.78, 5) is 16.9. The minimum Gasteiger partial charge on any atom is -0.481 e. The van der Waals surface area contributed by atoms with Crippen LogP contribution in [-0.2, 0) is 4.79 Å². The zero-order chi connectivity index (χ0) is 15.5. The quantitative estimate of drug-likeness (QED) is 0.946.